The summed E-state index contributed by atoms with van der Waals surface area (Å²) in [6.07, 6.45) is 6.69. The number of benzene rings is 1. The summed E-state index contributed by atoms with van der Waals surface area (Å²) < 4.78 is 5.77. The summed E-state index contributed by atoms with van der Waals surface area (Å²) in [7, 11) is 0. The molecule has 1 aromatic carbocycles. The molecule has 0 radical (unpaired) electrons. The highest BCUT2D eigenvalue weighted by Crippen LogP contribution is 2.29. The monoisotopic (exact) mass is 404 g/mol. The van der Waals surface area contributed by atoms with Crippen molar-refractivity contribution in [3.8, 4) is 5.75 Å². The Labute approximate surface area is 167 Å². The summed E-state index contributed by atoms with van der Waals surface area (Å²) in [6.45, 7) is 0. The van der Waals surface area contributed by atoms with E-state index in [-0.39, 0.29) is 17.1 Å². The molecule has 0 saturated heterocycles. The van der Waals surface area contributed by atoms with Gasteiger partial charge < -0.3 is 9.84 Å². The van der Waals surface area contributed by atoms with Crippen molar-refractivity contribution >= 4 is 34.7 Å². The highest BCUT2D eigenvalue weighted by Gasteiger charge is 2.24. The Balaban J connectivity index is 1.78. The molecular weight excluding hydrogens is 384 g/mol. The van der Waals surface area contributed by atoms with Crippen LogP contribution in [0, 0.1) is 0 Å². The molecule has 0 bridgehead atoms. The van der Waals surface area contributed by atoms with Gasteiger partial charge in [-0.1, -0.05) is 29.3 Å². The third-order valence-corrected chi connectivity index (χ3v) is 5.69. The molecule has 1 unspecified atom stereocenters. The van der Waals surface area contributed by atoms with Crippen LogP contribution in [0.5, 0.6) is 5.75 Å². The van der Waals surface area contributed by atoms with Crippen LogP contribution in [0.2, 0.25) is 5.02 Å². The van der Waals surface area contributed by atoms with Crippen molar-refractivity contribution in [3.05, 3.63) is 62.8 Å². The molecule has 1 N–H and O–H groups in total. The van der Waals surface area contributed by atoms with E-state index in [4.69, 9.17) is 16.3 Å². The topological polar surface area (TPSA) is 63.6 Å². The minimum absolute atomic E-state index is 0.221. The lowest BCUT2D eigenvalue weighted by molar-refractivity contribution is -0.145. The smallest absolute Gasteiger partial charge is 0.344 e. The molecule has 27 heavy (non-hydrogen) atoms. The molecular formula is C21H21ClO4S. The van der Waals surface area contributed by atoms with Gasteiger partial charge in [-0.05, 0) is 68.2 Å². The molecule has 0 amide bonds. The molecule has 1 heterocycles. The maximum Gasteiger partial charge on any atom is 0.344 e. The zero-order valence-electron chi connectivity index (χ0n) is 14.8. The third-order valence-electron chi connectivity index (χ3n) is 4.59. The van der Waals surface area contributed by atoms with Gasteiger partial charge in [0.05, 0.1) is 10.4 Å². The van der Waals surface area contributed by atoms with E-state index in [1.165, 1.54) is 29.4 Å². The second kappa shape index (κ2) is 9.20. The Morgan fingerprint density at radius 2 is 2.11 bits per heavy atom. The third kappa shape index (κ3) is 5.21. The van der Waals surface area contributed by atoms with Crippen molar-refractivity contribution in [1.82, 2.24) is 0 Å². The van der Waals surface area contributed by atoms with E-state index in [0.717, 1.165) is 19.3 Å². The molecule has 2 aromatic rings. The molecule has 1 aliphatic rings. The van der Waals surface area contributed by atoms with Crippen molar-refractivity contribution in [2.75, 3.05) is 0 Å². The van der Waals surface area contributed by atoms with Gasteiger partial charge in [0.1, 0.15) is 5.75 Å². The molecule has 4 nitrogen and oxygen atoms in total. The van der Waals surface area contributed by atoms with Crippen molar-refractivity contribution in [1.29, 1.82) is 0 Å². The fourth-order valence-electron chi connectivity index (χ4n) is 3.16. The SMILES string of the molecule is O=C(c1cccs1)c1cc(Cl)ccc1OC(CCC1=CCCCC1)C(=O)O. The van der Waals surface area contributed by atoms with Crippen LogP contribution in [0.3, 0.4) is 0 Å². The predicted molar refractivity (Wildman–Crippen MR) is 107 cm³/mol. The first-order valence-corrected chi connectivity index (χ1v) is 10.3. The molecule has 0 saturated carbocycles. The van der Waals surface area contributed by atoms with Gasteiger partial charge in [-0.25, -0.2) is 4.79 Å². The summed E-state index contributed by atoms with van der Waals surface area (Å²) in [5.74, 6) is -1.000. The Morgan fingerprint density at radius 1 is 1.26 bits per heavy atom. The van der Waals surface area contributed by atoms with Crippen LogP contribution in [0.4, 0.5) is 0 Å². The molecule has 1 aromatic heterocycles. The summed E-state index contributed by atoms with van der Waals surface area (Å²) in [5.41, 5.74) is 1.58. The van der Waals surface area contributed by atoms with Crippen LogP contribution >= 0.6 is 22.9 Å². The lowest BCUT2D eigenvalue weighted by Gasteiger charge is -2.19. The number of ether oxygens (including phenoxy) is 1. The van der Waals surface area contributed by atoms with Gasteiger partial charge >= 0.3 is 5.97 Å². The Bertz CT molecular complexity index is 842. The maximum atomic E-state index is 12.8. The molecule has 0 fully saturated rings. The first-order valence-electron chi connectivity index (χ1n) is 8.99. The van der Waals surface area contributed by atoms with Crippen LogP contribution < -0.4 is 4.74 Å². The number of thiophene rings is 1. The largest absolute Gasteiger partial charge is 0.479 e. The average molecular weight is 405 g/mol. The first-order chi connectivity index (χ1) is 13.0. The van der Waals surface area contributed by atoms with Crippen LogP contribution in [0.15, 0.2) is 47.4 Å². The number of ketones is 1. The van der Waals surface area contributed by atoms with Crippen molar-refractivity contribution in [3.63, 3.8) is 0 Å². The fraction of sp³-hybridized carbons (Fsp3) is 0.333. The van der Waals surface area contributed by atoms with Gasteiger partial charge in [0, 0.05) is 5.02 Å². The van der Waals surface area contributed by atoms with Crippen molar-refractivity contribution < 1.29 is 19.4 Å². The van der Waals surface area contributed by atoms with E-state index in [9.17, 15) is 14.7 Å². The Morgan fingerprint density at radius 3 is 2.78 bits per heavy atom. The molecule has 142 valence electrons. The predicted octanol–water partition coefficient (Wildman–Crippen LogP) is 5.75. The average Bonchev–Trinajstić information content (AvgIpc) is 3.21. The van der Waals surface area contributed by atoms with Gasteiger partial charge in [0.15, 0.2) is 6.10 Å². The number of carbonyl (C=O) groups is 2. The molecule has 0 aliphatic heterocycles. The zero-order chi connectivity index (χ0) is 19.2. The second-order valence-electron chi connectivity index (χ2n) is 6.54. The summed E-state index contributed by atoms with van der Waals surface area (Å²) in [5, 5.41) is 11.8. The van der Waals surface area contributed by atoms with Crippen molar-refractivity contribution in [2.24, 2.45) is 0 Å². The van der Waals surface area contributed by atoms with Gasteiger partial charge in [-0.3, -0.25) is 4.79 Å². The highest BCUT2D eigenvalue weighted by atomic mass is 35.5. The summed E-state index contributed by atoms with van der Waals surface area (Å²) in [6, 6.07) is 8.22. The number of allylic oxidation sites excluding steroid dienone is 2. The quantitative estimate of drug-likeness (QED) is 0.449. The lowest BCUT2D eigenvalue weighted by Crippen LogP contribution is -2.28. The standard InChI is InChI=1S/C21H21ClO4S/c22-15-9-11-17(16(13-15)20(23)19-7-4-12-27-19)26-18(21(24)25)10-8-14-5-2-1-3-6-14/h4-5,7,9,11-13,18H,1-3,6,8,10H2,(H,24,25). The van der Waals surface area contributed by atoms with Crippen molar-refractivity contribution in [2.45, 2.75) is 44.6 Å². The molecule has 1 atom stereocenters. The van der Waals surface area contributed by atoms with Crippen LogP contribution in [0.25, 0.3) is 0 Å². The van der Waals surface area contributed by atoms with Crippen LogP contribution in [-0.4, -0.2) is 23.0 Å². The highest BCUT2D eigenvalue weighted by molar-refractivity contribution is 7.12. The second-order valence-corrected chi connectivity index (χ2v) is 7.92. The normalized spacial score (nSPS) is 15.1. The number of carbonyl (C=O) groups excluding carboxylic acids is 1. The van der Waals surface area contributed by atoms with E-state index in [1.54, 1.807) is 24.3 Å². The Kier molecular flexibility index (Phi) is 6.69. The van der Waals surface area contributed by atoms with Crippen LogP contribution in [-0.2, 0) is 4.79 Å². The molecule has 1 aliphatic carbocycles. The molecule has 6 heteroatoms. The minimum Gasteiger partial charge on any atom is -0.479 e. The fourth-order valence-corrected chi connectivity index (χ4v) is 4.01. The van der Waals surface area contributed by atoms with Gasteiger partial charge in [-0.2, -0.15) is 0 Å². The number of carboxylic acids is 1. The number of hydrogen-bond donors (Lipinski definition) is 1. The summed E-state index contributed by atoms with van der Waals surface area (Å²) in [4.78, 5) is 25.0. The van der Waals surface area contributed by atoms with E-state index >= 15 is 0 Å². The van der Waals surface area contributed by atoms with E-state index in [2.05, 4.69) is 6.08 Å². The van der Waals surface area contributed by atoms with Gasteiger partial charge in [-0.15, -0.1) is 11.3 Å². The molecule has 3 rings (SSSR count). The van der Waals surface area contributed by atoms with E-state index in [1.807, 2.05) is 5.38 Å². The maximum absolute atomic E-state index is 12.8. The lowest BCUT2D eigenvalue weighted by atomic mass is 9.95. The number of halogens is 1. The first kappa shape index (κ1) is 19.6. The number of aliphatic carboxylic acids is 1. The van der Waals surface area contributed by atoms with E-state index in [0.29, 0.717) is 22.7 Å². The molecule has 0 spiro atoms. The number of carboxylic acid groups (broad SMARTS) is 1. The summed E-state index contributed by atoms with van der Waals surface area (Å²) >= 11 is 7.38. The minimum atomic E-state index is -1.03. The number of rotatable bonds is 8. The van der Waals surface area contributed by atoms with Crippen LogP contribution in [0.1, 0.15) is 53.8 Å². The zero-order valence-corrected chi connectivity index (χ0v) is 16.4. The number of hydrogen-bond acceptors (Lipinski definition) is 4. The van der Waals surface area contributed by atoms with Gasteiger partial charge in [0.2, 0.25) is 5.78 Å². The van der Waals surface area contributed by atoms with E-state index < -0.39 is 12.1 Å². The van der Waals surface area contributed by atoms with Gasteiger partial charge in [0.25, 0.3) is 0 Å². The Hall–Kier alpha value is -2.11.